The van der Waals surface area contributed by atoms with Crippen molar-refractivity contribution in [1.29, 1.82) is 0 Å². The van der Waals surface area contributed by atoms with Crippen molar-refractivity contribution in [2.24, 2.45) is 0 Å². The Labute approximate surface area is 92.5 Å². The molecule has 0 spiro atoms. The number of hydrogen-bond donors (Lipinski definition) is 0. The van der Waals surface area contributed by atoms with E-state index in [1.54, 1.807) is 6.92 Å². The lowest BCUT2D eigenvalue weighted by atomic mass is 10.1. The molecule has 0 aliphatic carbocycles. The van der Waals surface area contributed by atoms with Gasteiger partial charge in [0.25, 0.3) is 0 Å². The first-order valence-corrected chi connectivity index (χ1v) is 4.85. The highest BCUT2D eigenvalue weighted by Crippen LogP contribution is 2.21. The van der Waals surface area contributed by atoms with Crippen LogP contribution in [0.15, 0.2) is 24.3 Å². The molecule has 0 N–H and O–H groups in total. The fourth-order valence-corrected chi connectivity index (χ4v) is 1.31. The maximum absolute atomic E-state index is 13.3. The number of benzene rings is 1. The van der Waals surface area contributed by atoms with Gasteiger partial charge in [0.2, 0.25) is 0 Å². The Morgan fingerprint density at radius 3 is 2.44 bits per heavy atom. The molecule has 4 heteroatoms. The van der Waals surface area contributed by atoms with Crippen molar-refractivity contribution in [2.75, 3.05) is 6.61 Å². The largest absolute Gasteiger partial charge is 0.463 e. The molecule has 0 radical (unpaired) electrons. The zero-order valence-electron chi connectivity index (χ0n) is 9.09. The van der Waals surface area contributed by atoms with E-state index in [0.29, 0.717) is 0 Å². The first-order valence-electron chi connectivity index (χ1n) is 4.85. The molecular formula is C12H12F2O2. The van der Waals surface area contributed by atoms with Crippen LogP contribution in [-0.4, -0.2) is 12.6 Å². The van der Waals surface area contributed by atoms with Crippen LogP contribution < -0.4 is 0 Å². The Balaban J connectivity index is 3.04. The lowest BCUT2D eigenvalue weighted by Gasteiger charge is -2.04. The van der Waals surface area contributed by atoms with Crippen LogP contribution >= 0.6 is 0 Å². The van der Waals surface area contributed by atoms with Gasteiger partial charge in [0.15, 0.2) is 0 Å². The number of allylic oxidation sites excluding steroid dienone is 1. The number of halogens is 2. The minimum atomic E-state index is -0.696. The van der Waals surface area contributed by atoms with E-state index in [2.05, 4.69) is 4.74 Å². The lowest BCUT2D eigenvalue weighted by molar-refractivity contribution is -0.137. The summed E-state index contributed by atoms with van der Waals surface area (Å²) in [5.74, 6) is -2.00. The van der Waals surface area contributed by atoms with E-state index < -0.39 is 17.6 Å². The van der Waals surface area contributed by atoms with Gasteiger partial charge in [-0.15, -0.1) is 0 Å². The highest BCUT2D eigenvalue weighted by Gasteiger charge is 2.11. The highest BCUT2D eigenvalue weighted by molar-refractivity contribution is 5.91. The Kier molecular flexibility index (Phi) is 4.17. The van der Waals surface area contributed by atoms with Gasteiger partial charge in [-0.2, -0.15) is 0 Å². The van der Waals surface area contributed by atoms with Gasteiger partial charge in [-0.1, -0.05) is 6.07 Å². The van der Waals surface area contributed by atoms with E-state index in [9.17, 15) is 13.6 Å². The summed E-state index contributed by atoms with van der Waals surface area (Å²) >= 11 is 0. The maximum atomic E-state index is 13.3. The summed E-state index contributed by atoms with van der Waals surface area (Å²) in [7, 11) is 0. The Bertz CT molecular complexity index is 405. The summed E-state index contributed by atoms with van der Waals surface area (Å²) in [5.41, 5.74) is 0.00426. The smallest absolute Gasteiger partial charge is 0.331 e. The van der Waals surface area contributed by atoms with E-state index >= 15 is 0 Å². The molecule has 1 aromatic carbocycles. The van der Waals surface area contributed by atoms with Crippen LogP contribution in [0.25, 0.3) is 5.57 Å². The average molecular weight is 226 g/mol. The third-order valence-corrected chi connectivity index (χ3v) is 1.98. The zero-order chi connectivity index (χ0) is 12.1. The molecule has 0 aromatic heterocycles. The second kappa shape index (κ2) is 5.39. The van der Waals surface area contributed by atoms with Crippen LogP contribution in [0, 0.1) is 11.6 Å². The summed E-state index contributed by atoms with van der Waals surface area (Å²) < 4.78 is 31.3. The van der Waals surface area contributed by atoms with E-state index in [4.69, 9.17) is 0 Å². The van der Waals surface area contributed by atoms with Crippen molar-refractivity contribution in [3.63, 3.8) is 0 Å². The van der Waals surface area contributed by atoms with Crippen LogP contribution in [0.1, 0.15) is 19.4 Å². The fraction of sp³-hybridized carbons (Fsp3) is 0.250. The molecule has 86 valence electrons. The molecule has 1 rings (SSSR count). The molecule has 0 atom stereocenters. The molecule has 2 nitrogen and oxygen atoms in total. The van der Waals surface area contributed by atoms with Crippen LogP contribution in [0.5, 0.6) is 0 Å². The monoisotopic (exact) mass is 226 g/mol. The van der Waals surface area contributed by atoms with E-state index in [-0.39, 0.29) is 17.7 Å². The highest BCUT2D eigenvalue weighted by atomic mass is 19.1. The van der Waals surface area contributed by atoms with Gasteiger partial charge < -0.3 is 4.74 Å². The average Bonchev–Trinajstić information content (AvgIpc) is 2.17. The summed E-state index contributed by atoms with van der Waals surface area (Å²) in [6, 6.07) is 3.55. The van der Waals surface area contributed by atoms with Crippen molar-refractivity contribution >= 4 is 11.5 Å². The van der Waals surface area contributed by atoms with E-state index in [1.165, 1.54) is 13.0 Å². The molecule has 0 heterocycles. The molecule has 0 amide bonds. The number of hydrogen-bond acceptors (Lipinski definition) is 2. The van der Waals surface area contributed by atoms with E-state index in [1.807, 2.05) is 0 Å². The van der Waals surface area contributed by atoms with Crippen LogP contribution in [-0.2, 0) is 9.53 Å². The number of carbonyl (C=O) groups is 1. The minimum absolute atomic E-state index is 0.199. The van der Waals surface area contributed by atoms with Gasteiger partial charge in [0.05, 0.1) is 6.61 Å². The molecule has 0 fully saturated rings. The predicted octanol–water partition coefficient (Wildman–Crippen LogP) is 2.93. The first-order chi connectivity index (χ1) is 7.56. The summed E-state index contributed by atoms with van der Waals surface area (Å²) in [4.78, 5) is 11.1. The summed E-state index contributed by atoms with van der Waals surface area (Å²) in [5, 5.41) is 0. The molecule has 0 bridgehead atoms. The molecule has 0 aliphatic heterocycles. The summed E-state index contributed by atoms with van der Waals surface area (Å²) in [6.07, 6.45) is 1.07. The second-order valence-electron chi connectivity index (χ2n) is 3.18. The van der Waals surface area contributed by atoms with Gasteiger partial charge in [0.1, 0.15) is 11.6 Å². The fourth-order valence-electron chi connectivity index (χ4n) is 1.31. The third-order valence-electron chi connectivity index (χ3n) is 1.98. The number of esters is 1. The quantitative estimate of drug-likeness (QED) is 0.585. The van der Waals surface area contributed by atoms with Crippen LogP contribution in [0.4, 0.5) is 8.78 Å². The predicted molar refractivity (Wildman–Crippen MR) is 56.6 cm³/mol. The van der Waals surface area contributed by atoms with E-state index in [0.717, 1.165) is 18.2 Å². The van der Waals surface area contributed by atoms with Crippen molar-refractivity contribution in [3.05, 3.63) is 41.5 Å². The number of rotatable bonds is 3. The topological polar surface area (TPSA) is 26.3 Å². The van der Waals surface area contributed by atoms with Gasteiger partial charge in [0, 0.05) is 11.6 Å². The summed E-state index contributed by atoms with van der Waals surface area (Å²) in [6.45, 7) is 3.34. The standard InChI is InChI=1S/C12H12F2O2/c1-3-16-11(15)7-8(2)12-9(13)5-4-6-10(12)14/h4-7H,3H2,1-2H3/b8-7+. The Morgan fingerprint density at radius 2 is 1.94 bits per heavy atom. The molecule has 0 saturated carbocycles. The normalized spacial score (nSPS) is 11.4. The molecule has 16 heavy (non-hydrogen) atoms. The zero-order valence-corrected chi connectivity index (χ0v) is 9.09. The van der Waals surface area contributed by atoms with Crippen molar-refractivity contribution in [3.8, 4) is 0 Å². The number of ether oxygens (including phenoxy) is 1. The molecule has 1 aromatic rings. The first kappa shape index (κ1) is 12.4. The Morgan fingerprint density at radius 1 is 1.38 bits per heavy atom. The second-order valence-corrected chi connectivity index (χ2v) is 3.18. The van der Waals surface area contributed by atoms with Crippen LogP contribution in [0.3, 0.4) is 0 Å². The molecule has 0 saturated heterocycles. The molecule has 0 aliphatic rings. The van der Waals surface area contributed by atoms with Gasteiger partial charge in [-0.25, -0.2) is 13.6 Å². The Hall–Kier alpha value is -1.71. The SMILES string of the molecule is CCOC(=O)/C=C(\C)c1c(F)cccc1F. The third kappa shape index (κ3) is 2.89. The van der Waals surface area contributed by atoms with Crippen molar-refractivity contribution < 1.29 is 18.3 Å². The molecule has 0 unspecified atom stereocenters. The van der Waals surface area contributed by atoms with Crippen LogP contribution in [0.2, 0.25) is 0 Å². The maximum Gasteiger partial charge on any atom is 0.331 e. The lowest BCUT2D eigenvalue weighted by Crippen LogP contribution is -2.01. The molecular weight excluding hydrogens is 214 g/mol. The number of carbonyl (C=O) groups excluding carboxylic acids is 1. The van der Waals surface area contributed by atoms with Gasteiger partial charge in [-0.05, 0) is 31.6 Å². The minimum Gasteiger partial charge on any atom is -0.463 e. The van der Waals surface area contributed by atoms with Gasteiger partial charge in [-0.3, -0.25) is 0 Å². The van der Waals surface area contributed by atoms with Crippen molar-refractivity contribution in [2.45, 2.75) is 13.8 Å². The van der Waals surface area contributed by atoms with Crippen molar-refractivity contribution in [1.82, 2.24) is 0 Å². The van der Waals surface area contributed by atoms with Gasteiger partial charge >= 0.3 is 5.97 Å².